The van der Waals surface area contributed by atoms with Crippen molar-refractivity contribution in [1.29, 1.82) is 0 Å². The summed E-state index contributed by atoms with van der Waals surface area (Å²) in [6.45, 7) is 5.05. The first-order chi connectivity index (χ1) is 7.75. The van der Waals surface area contributed by atoms with Crippen LogP contribution in [0.25, 0.3) is 0 Å². The Kier molecular flexibility index (Phi) is 3.77. The molecule has 0 aliphatic carbocycles. The molecule has 5 heteroatoms. The van der Waals surface area contributed by atoms with Gasteiger partial charge in [-0.15, -0.1) is 0 Å². The van der Waals surface area contributed by atoms with Gasteiger partial charge in [-0.25, -0.2) is 0 Å². The third kappa shape index (κ3) is 2.95. The lowest BCUT2D eigenvalue weighted by atomic mass is 10.1. The highest BCUT2D eigenvalue weighted by Crippen LogP contribution is 2.19. The van der Waals surface area contributed by atoms with Crippen LogP contribution in [0.1, 0.15) is 19.5 Å². The van der Waals surface area contributed by atoms with E-state index in [1.807, 2.05) is 12.1 Å². The number of aliphatic imine (C=N–C) groups is 1. The number of nitrogens with one attached hydrogen (secondary N) is 1. The Morgan fingerprint density at radius 1 is 1.56 bits per heavy atom. The van der Waals surface area contributed by atoms with Gasteiger partial charge in [0.15, 0.2) is 5.17 Å². The van der Waals surface area contributed by atoms with Crippen molar-refractivity contribution in [2.24, 2.45) is 10.9 Å². The number of nitrogens with zero attached hydrogens (tertiary/aromatic N) is 3. The van der Waals surface area contributed by atoms with Crippen LogP contribution < -0.4 is 5.32 Å². The first-order valence-corrected chi connectivity index (χ1v) is 6.44. The Hall–Kier alpha value is -1.10. The molecule has 0 spiro atoms. The Labute approximate surface area is 100.0 Å². The van der Waals surface area contributed by atoms with E-state index in [-0.39, 0.29) is 0 Å². The molecule has 1 N–H and O–H groups in total. The quantitative estimate of drug-likeness (QED) is 0.849. The van der Waals surface area contributed by atoms with E-state index in [2.05, 4.69) is 34.4 Å². The van der Waals surface area contributed by atoms with E-state index in [9.17, 15) is 0 Å². The minimum atomic E-state index is 0.502. The third-order valence-electron chi connectivity index (χ3n) is 2.70. The predicted octanol–water partition coefficient (Wildman–Crippen LogP) is 1.69. The summed E-state index contributed by atoms with van der Waals surface area (Å²) < 4.78 is 0. The van der Waals surface area contributed by atoms with Crippen molar-refractivity contribution in [3.05, 3.63) is 24.0 Å². The van der Waals surface area contributed by atoms with Crippen LogP contribution >= 0.6 is 11.8 Å². The first-order valence-electron chi connectivity index (χ1n) is 5.46. The molecule has 1 fully saturated rings. The van der Waals surface area contributed by atoms with E-state index in [1.54, 1.807) is 18.0 Å². The van der Waals surface area contributed by atoms with Crippen molar-refractivity contribution in [2.75, 3.05) is 5.75 Å². The van der Waals surface area contributed by atoms with Crippen molar-refractivity contribution >= 4 is 16.9 Å². The van der Waals surface area contributed by atoms with Crippen LogP contribution in [0.15, 0.2) is 23.3 Å². The normalized spacial score (nSPS) is 27.8. The molecule has 1 aromatic rings. The summed E-state index contributed by atoms with van der Waals surface area (Å²) in [5, 5.41) is 12.3. The summed E-state index contributed by atoms with van der Waals surface area (Å²) in [5.41, 5.74) is 0.906. The topological polar surface area (TPSA) is 50.2 Å². The smallest absolute Gasteiger partial charge is 0.157 e. The zero-order valence-electron chi connectivity index (χ0n) is 9.55. The minimum absolute atomic E-state index is 0.502. The fourth-order valence-corrected chi connectivity index (χ4v) is 2.53. The van der Waals surface area contributed by atoms with E-state index in [1.165, 1.54) is 0 Å². The highest BCUT2D eigenvalue weighted by molar-refractivity contribution is 8.13. The SMILES string of the molecule is CC1CSC(=NCc2cccnn2)NC1C. The van der Waals surface area contributed by atoms with Gasteiger partial charge in [0.25, 0.3) is 0 Å². The van der Waals surface area contributed by atoms with Crippen LogP contribution in [-0.4, -0.2) is 27.2 Å². The fourth-order valence-electron chi connectivity index (χ4n) is 1.40. The highest BCUT2D eigenvalue weighted by Gasteiger charge is 2.20. The molecule has 2 unspecified atom stereocenters. The molecule has 16 heavy (non-hydrogen) atoms. The second-order valence-electron chi connectivity index (χ2n) is 4.06. The van der Waals surface area contributed by atoms with E-state index < -0.39 is 0 Å². The van der Waals surface area contributed by atoms with Crippen LogP contribution in [0.3, 0.4) is 0 Å². The Bertz CT molecular complexity index is 366. The number of amidine groups is 1. The van der Waals surface area contributed by atoms with Gasteiger partial charge in [0.2, 0.25) is 0 Å². The van der Waals surface area contributed by atoms with E-state index >= 15 is 0 Å². The molecule has 1 aromatic heterocycles. The lowest BCUT2D eigenvalue weighted by molar-refractivity contribution is 0.490. The first kappa shape index (κ1) is 11.4. The molecule has 2 atom stereocenters. The van der Waals surface area contributed by atoms with Gasteiger partial charge in [0.05, 0.1) is 12.2 Å². The van der Waals surface area contributed by atoms with Gasteiger partial charge in [-0.2, -0.15) is 10.2 Å². The maximum atomic E-state index is 4.50. The summed E-state index contributed by atoms with van der Waals surface area (Å²) >= 11 is 1.78. The highest BCUT2D eigenvalue weighted by atomic mass is 32.2. The Balaban J connectivity index is 1.93. The number of hydrogen-bond donors (Lipinski definition) is 1. The number of rotatable bonds is 2. The van der Waals surface area contributed by atoms with Gasteiger partial charge in [-0.3, -0.25) is 4.99 Å². The van der Waals surface area contributed by atoms with Crippen molar-refractivity contribution in [3.63, 3.8) is 0 Å². The van der Waals surface area contributed by atoms with Crippen molar-refractivity contribution in [3.8, 4) is 0 Å². The second-order valence-corrected chi connectivity index (χ2v) is 5.07. The van der Waals surface area contributed by atoms with Crippen LogP contribution in [0.5, 0.6) is 0 Å². The van der Waals surface area contributed by atoms with E-state index in [0.717, 1.165) is 16.6 Å². The standard InChI is InChI=1S/C11H16N4S/c1-8-7-16-11(14-9(8)2)12-6-10-4-3-5-13-15-10/h3-5,8-9H,6-7H2,1-2H3,(H,12,14). The maximum absolute atomic E-state index is 4.50. The van der Waals surface area contributed by atoms with Gasteiger partial charge in [0.1, 0.15) is 0 Å². The predicted molar refractivity (Wildman–Crippen MR) is 67.4 cm³/mol. The summed E-state index contributed by atoms with van der Waals surface area (Å²) in [5.74, 6) is 1.83. The maximum Gasteiger partial charge on any atom is 0.157 e. The van der Waals surface area contributed by atoms with Gasteiger partial charge >= 0.3 is 0 Å². The average Bonchev–Trinajstić information content (AvgIpc) is 2.32. The zero-order valence-corrected chi connectivity index (χ0v) is 10.4. The molecular weight excluding hydrogens is 220 g/mol. The molecule has 0 saturated carbocycles. The average molecular weight is 236 g/mol. The van der Waals surface area contributed by atoms with Crippen LogP contribution in [0.2, 0.25) is 0 Å². The molecular formula is C11H16N4S. The molecule has 4 nitrogen and oxygen atoms in total. The zero-order chi connectivity index (χ0) is 11.4. The molecule has 1 saturated heterocycles. The molecule has 2 rings (SSSR count). The minimum Gasteiger partial charge on any atom is -0.362 e. The second kappa shape index (κ2) is 5.30. The van der Waals surface area contributed by atoms with Gasteiger partial charge in [-0.1, -0.05) is 18.7 Å². The van der Waals surface area contributed by atoms with Gasteiger partial charge in [-0.05, 0) is 25.0 Å². The van der Waals surface area contributed by atoms with Gasteiger partial charge < -0.3 is 5.32 Å². The lowest BCUT2D eigenvalue weighted by Gasteiger charge is -2.28. The van der Waals surface area contributed by atoms with Crippen LogP contribution in [-0.2, 0) is 6.54 Å². The molecule has 0 aromatic carbocycles. The Morgan fingerprint density at radius 2 is 2.44 bits per heavy atom. The number of thioether (sulfide) groups is 1. The molecule has 0 amide bonds. The molecule has 86 valence electrons. The lowest BCUT2D eigenvalue weighted by Crippen LogP contribution is -2.41. The molecule has 0 bridgehead atoms. The molecule has 1 aliphatic rings. The van der Waals surface area contributed by atoms with Crippen LogP contribution in [0, 0.1) is 5.92 Å². The van der Waals surface area contributed by atoms with E-state index in [0.29, 0.717) is 18.5 Å². The monoisotopic (exact) mass is 236 g/mol. The van der Waals surface area contributed by atoms with Gasteiger partial charge in [0, 0.05) is 18.0 Å². The summed E-state index contributed by atoms with van der Waals surface area (Å²) in [4.78, 5) is 4.50. The fraction of sp³-hybridized carbons (Fsp3) is 0.545. The molecule has 1 aliphatic heterocycles. The summed E-state index contributed by atoms with van der Waals surface area (Å²) in [7, 11) is 0. The largest absolute Gasteiger partial charge is 0.362 e. The Morgan fingerprint density at radius 3 is 3.12 bits per heavy atom. The molecule has 2 heterocycles. The summed E-state index contributed by atoms with van der Waals surface area (Å²) in [6, 6.07) is 4.33. The van der Waals surface area contributed by atoms with Crippen molar-refractivity contribution < 1.29 is 0 Å². The van der Waals surface area contributed by atoms with Crippen LogP contribution in [0.4, 0.5) is 0 Å². The van der Waals surface area contributed by atoms with E-state index in [4.69, 9.17) is 0 Å². The van der Waals surface area contributed by atoms with Crippen molar-refractivity contribution in [1.82, 2.24) is 15.5 Å². The third-order valence-corrected chi connectivity index (χ3v) is 3.91. The van der Waals surface area contributed by atoms with Crippen molar-refractivity contribution in [2.45, 2.75) is 26.4 Å². The number of aromatic nitrogens is 2. The molecule has 0 radical (unpaired) electrons. The number of hydrogen-bond acceptors (Lipinski definition) is 4. The summed E-state index contributed by atoms with van der Waals surface area (Å²) in [6.07, 6.45) is 1.67.